The van der Waals surface area contributed by atoms with Crippen LogP contribution in [0.2, 0.25) is 0 Å². The Hall–Kier alpha value is -3.26. The summed E-state index contributed by atoms with van der Waals surface area (Å²) in [5.74, 6) is -2.76. The van der Waals surface area contributed by atoms with Crippen molar-refractivity contribution < 1.29 is 30.0 Å². The number of amides is 2. The third-order valence-corrected chi connectivity index (χ3v) is 7.43. The second kappa shape index (κ2) is 11.2. The lowest BCUT2D eigenvalue weighted by Crippen LogP contribution is -2.39. The summed E-state index contributed by atoms with van der Waals surface area (Å²) in [4.78, 5) is 27.8. The van der Waals surface area contributed by atoms with Crippen molar-refractivity contribution in [2.45, 2.75) is 38.7 Å². The molecule has 4 atom stereocenters. The lowest BCUT2D eigenvalue weighted by molar-refractivity contribution is -0.123. The van der Waals surface area contributed by atoms with E-state index in [-0.39, 0.29) is 30.6 Å². The fourth-order valence-corrected chi connectivity index (χ4v) is 5.60. The van der Waals surface area contributed by atoms with E-state index in [2.05, 4.69) is 0 Å². The first kappa shape index (κ1) is 25.8. The van der Waals surface area contributed by atoms with Crippen LogP contribution in [0.3, 0.4) is 0 Å². The van der Waals surface area contributed by atoms with Crippen LogP contribution in [0, 0.1) is 17.8 Å². The number of benzene rings is 2. The zero-order valence-corrected chi connectivity index (χ0v) is 20.4. The van der Waals surface area contributed by atoms with Gasteiger partial charge >= 0.3 is 0 Å². The Morgan fingerprint density at radius 1 is 1.06 bits per heavy atom. The van der Waals surface area contributed by atoms with Crippen LogP contribution >= 0.6 is 0 Å². The maximum absolute atomic E-state index is 13.4. The summed E-state index contributed by atoms with van der Waals surface area (Å²) in [6, 6.07) is 15.7. The number of phenolic OH excluding ortho intramolecular Hbond substituents is 1. The predicted molar refractivity (Wildman–Crippen MR) is 137 cm³/mol. The van der Waals surface area contributed by atoms with Gasteiger partial charge in [0.15, 0.2) is 0 Å². The minimum absolute atomic E-state index is 0.173. The normalized spacial score (nSPS) is 23.3. The maximum Gasteiger partial charge on any atom is 0.238 e. The molecule has 0 spiro atoms. The van der Waals surface area contributed by atoms with Gasteiger partial charge in [0.1, 0.15) is 5.75 Å². The van der Waals surface area contributed by atoms with Crippen molar-refractivity contribution in [3.05, 3.63) is 76.9 Å². The van der Waals surface area contributed by atoms with Crippen LogP contribution in [0.4, 0.5) is 5.69 Å². The van der Waals surface area contributed by atoms with E-state index in [4.69, 9.17) is 0 Å². The van der Waals surface area contributed by atoms with Crippen LogP contribution in [0.15, 0.2) is 71.3 Å². The van der Waals surface area contributed by atoms with E-state index < -0.39 is 30.5 Å². The van der Waals surface area contributed by atoms with Gasteiger partial charge in [0, 0.05) is 11.5 Å². The van der Waals surface area contributed by atoms with Gasteiger partial charge in [0.25, 0.3) is 0 Å². The summed E-state index contributed by atoms with van der Waals surface area (Å²) < 4.78 is 0. The smallest absolute Gasteiger partial charge is 0.238 e. The molecule has 1 aliphatic heterocycles. The lowest BCUT2D eigenvalue weighted by Gasteiger charge is -2.36. The molecule has 1 aliphatic carbocycles. The number of fused-ring (bicyclic) bond motifs is 1. The number of anilines is 1. The Labute approximate surface area is 211 Å². The Morgan fingerprint density at radius 3 is 2.39 bits per heavy atom. The third kappa shape index (κ3) is 4.87. The highest BCUT2D eigenvalue weighted by atomic mass is 16.3. The molecule has 190 valence electrons. The van der Waals surface area contributed by atoms with Crippen molar-refractivity contribution >= 4 is 23.6 Å². The molecule has 1 fully saturated rings. The maximum atomic E-state index is 13.4. The number of hydrogen-bond donors (Lipinski definition) is 4. The monoisotopic (exact) mass is 491 g/mol. The summed E-state index contributed by atoms with van der Waals surface area (Å²) in [5, 5.41) is 41.8. The van der Waals surface area contributed by atoms with Crippen LogP contribution < -0.4 is 4.90 Å². The van der Waals surface area contributed by atoms with E-state index >= 15 is 0 Å². The van der Waals surface area contributed by atoms with E-state index in [9.17, 15) is 30.0 Å². The number of carbonyl (C=O) groups is 2. The molecule has 36 heavy (non-hydrogen) atoms. The Balaban J connectivity index is 1.58. The van der Waals surface area contributed by atoms with E-state index in [1.165, 1.54) is 4.90 Å². The Morgan fingerprint density at radius 2 is 1.75 bits per heavy atom. The van der Waals surface area contributed by atoms with Crippen molar-refractivity contribution in [3.63, 3.8) is 0 Å². The average Bonchev–Trinajstić information content (AvgIpc) is 3.15. The number of allylic oxidation sites excluding steroid dienone is 1. The van der Waals surface area contributed by atoms with Crippen LogP contribution in [-0.4, -0.2) is 51.6 Å². The molecule has 1 heterocycles. The van der Waals surface area contributed by atoms with Gasteiger partial charge in [-0.2, -0.15) is 0 Å². The SMILES string of the molecule is CC/C(=C\c1ccccc1O)CC[C@@H](O)C1=C(CO)C[C@H]2C(=O)N(c3ccccc3)C(=O)[C@H]2[C@H]1CO. The highest BCUT2D eigenvalue weighted by Crippen LogP contribution is 2.47. The number of phenols is 1. The van der Waals surface area contributed by atoms with Crippen LogP contribution in [0.25, 0.3) is 6.08 Å². The van der Waals surface area contributed by atoms with E-state index in [0.29, 0.717) is 35.2 Å². The summed E-state index contributed by atoms with van der Waals surface area (Å²) in [6.45, 7) is 1.24. The van der Waals surface area contributed by atoms with Crippen LogP contribution in [-0.2, 0) is 9.59 Å². The highest BCUT2D eigenvalue weighted by Gasteiger charge is 2.55. The summed E-state index contributed by atoms with van der Waals surface area (Å²) >= 11 is 0. The van der Waals surface area contributed by atoms with Gasteiger partial charge in [-0.05, 0) is 55.0 Å². The standard InChI is InChI=1S/C29H33NO6/c1-2-18(14-19-8-6-7-11-24(19)33)12-13-25(34)26-20(16-31)15-22-27(23(26)17-32)29(36)30(28(22)35)21-9-4-3-5-10-21/h3-11,14,22-23,25,27,31-34H,2,12-13,15-17H2,1H3/b18-14+/t22-,23+,25-,27-/m1/s1. The molecule has 4 rings (SSSR count). The number of aromatic hydroxyl groups is 1. The first-order valence-electron chi connectivity index (χ1n) is 12.4. The molecule has 2 amide bonds. The van der Waals surface area contributed by atoms with Gasteiger partial charge in [-0.25, -0.2) is 0 Å². The topological polar surface area (TPSA) is 118 Å². The molecule has 0 unspecified atom stereocenters. The van der Waals surface area contributed by atoms with Crippen molar-refractivity contribution in [2.24, 2.45) is 17.8 Å². The average molecular weight is 492 g/mol. The largest absolute Gasteiger partial charge is 0.507 e. The second-order valence-corrected chi connectivity index (χ2v) is 9.46. The molecule has 2 aliphatic rings. The number of aliphatic hydroxyl groups is 3. The molecule has 2 aromatic carbocycles. The summed E-state index contributed by atoms with van der Waals surface area (Å²) in [6.07, 6.45) is 2.67. The number of imide groups is 1. The van der Waals surface area contributed by atoms with Gasteiger partial charge in [-0.3, -0.25) is 14.5 Å². The minimum atomic E-state index is -0.988. The quantitative estimate of drug-likeness (QED) is 0.315. The predicted octanol–water partition coefficient (Wildman–Crippen LogP) is 3.43. The Kier molecular flexibility index (Phi) is 8.04. The van der Waals surface area contributed by atoms with Crippen molar-refractivity contribution in [2.75, 3.05) is 18.1 Å². The van der Waals surface area contributed by atoms with Crippen LogP contribution in [0.1, 0.15) is 38.2 Å². The molecule has 0 radical (unpaired) electrons. The van der Waals surface area contributed by atoms with Crippen molar-refractivity contribution in [1.82, 2.24) is 0 Å². The third-order valence-electron chi connectivity index (χ3n) is 7.43. The zero-order valence-electron chi connectivity index (χ0n) is 20.4. The lowest BCUT2D eigenvalue weighted by atomic mass is 9.68. The van der Waals surface area contributed by atoms with Gasteiger partial charge in [0.2, 0.25) is 11.8 Å². The van der Waals surface area contributed by atoms with Crippen molar-refractivity contribution in [1.29, 1.82) is 0 Å². The minimum Gasteiger partial charge on any atom is -0.507 e. The number of carbonyl (C=O) groups excluding carboxylic acids is 2. The molecule has 7 nitrogen and oxygen atoms in total. The molecule has 4 N–H and O–H groups in total. The fourth-order valence-electron chi connectivity index (χ4n) is 5.60. The first-order valence-corrected chi connectivity index (χ1v) is 12.4. The highest BCUT2D eigenvalue weighted by molar-refractivity contribution is 6.22. The van der Waals surface area contributed by atoms with Crippen LogP contribution in [0.5, 0.6) is 5.75 Å². The van der Waals surface area contributed by atoms with E-state index in [1.54, 1.807) is 42.5 Å². The number of aliphatic hydroxyl groups excluding tert-OH is 3. The number of para-hydroxylation sites is 2. The number of rotatable bonds is 9. The summed E-state index contributed by atoms with van der Waals surface area (Å²) in [7, 11) is 0. The summed E-state index contributed by atoms with van der Waals surface area (Å²) in [5.41, 5.74) is 3.19. The Bertz CT molecular complexity index is 1170. The molecule has 0 aromatic heterocycles. The number of hydrogen-bond acceptors (Lipinski definition) is 6. The zero-order chi connectivity index (χ0) is 25.8. The fraction of sp³-hybridized carbons (Fsp3) is 0.379. The van der Waals surface area contributed by atoms with Gasteiger partial charge < -0.3 is 20.4 Å². The molecular formula is C29H33NO6. The van der Waals surface area contributed by atoms with E-state index in [1.807, 2.05) is 25.1 Å². The molecule has 7 heteroatoms. The molecule has 0 saturated carbocycles. The van der Waals surface area contributed by atoms with Gasteiger partial charge in [0.05, 0.1) is 36.8 Å². The molecule has 0 bridgehead atoms. The number of nitrogens with zero attached hydrogens (tertiary/aromatic N) is 1. The van der Waals surface area contributed by atoms with Crippen molar-refractivity contribution in [3.8, 4) is 5.75 Å². The first-order chi connectivity index (χ1) is 17.4. The second-order valence-electron chi connectivity index (χ2n) is 9.46. The molecule has 1 saturated heterocycles. The molecule has 2 aromatic rings. The van der Waals surface area contributed by atoms with E-state index in [0.717, 1.165) is 12.0 Å². The molecular weight excluding hydrogens is 458 g/mol. The van der Waals surface area contributed by atoms with Gasteiger partial charge in [-0.1, -0.05) is 55.0 Å². The van der Waals surface area contributed by atoms with Gasteiger partial charge in [-0.15, -0.1) is 0 Å².